The van der Waals surface area contributed by atoms with E-state index in [4.69, 9.17) is 17.3 Å². The Balaban J connectivity index is 2.52. The van der Waals surface area contributed by atoms with Crippen LogP contribution >= 0.6 is 11.8 Å². The minimum absolute atomic E-state index is 0.101. The zero-order chi connectivity index (χ0) is 13.5. The molecule has 1 aromatic carbocycles. The zero-order valence-corrected chi connectivity index (χ0v) is 10.2. The van der Waals surface area contributed by atoms with Crippen molar-refractivity contribution in [1.82, 2.24) is 0 Å². The fourth-order valence-corrected chi connectivity index (χ4v) is 1.52. The van der Waals surface area contributed by atoms with Crippen molar-refractivity contribution in [3.63, 3.8) is 0 Å². The summed E-state index contributed by atoms with van der Waals surface area (Å²) in [6.07, 6.45) is 0. The summed E-state index contributed by atoms with van der Waals surface area (Å²) in [4.78, 5) is 22.3. The Morgan fingerprint density at radius 2 is 1.83 bits per heavy atom. The number of anilines is 1. The standard InChI is InChI=1S/C10H13N5O2S/c11-9(17)6-1-3-7(4-2-6)14-8(16)5-18-10(12)15-13/h1-4H,5,13H2,(H2,11,17)(H2,12,15)(H,14,16). The molecule has 0 fully saturated rings. The van der Waals surface area contributed by atoms with Crippen molar-refractivity contribution in [1.29, 1.82) is 0 Å². The fraction of sp³-hybridized carbons (Fsp3) is 0.100. The Labute approximate surface area is 108 Å². The van der Waals surface area contributed by atoms with Crippen LogP contribution in [0.25, 0.3) is 0 Å². The molecule has 0 radical (unpaired) electrons. The van der Waals surface area contributed by atoms with Crippen LogP contribution in [-0.4, -0.2) is 22.7 Å². The third kappa shape index (κ3) is 4.34. The van der Waals surface area contributed by atoms with Gasteiger partial charge < -0.3 is 22.6 Å². The minimum atomic E-state index is -0.518. The number of hydrogen-bond acceptors (Lipinski definition) is 5. The van der Waals surface area contributed by atoms with Gasteiger partial charge in [-0.1, -0.05) is 11.8 Å². The molecule has 18 heavy (non-hydrogen) atoms. The van der Waals surface area contributed by atoms with Gasteiger partial charge in [0.2, 0.25) is 11.8 Å². The number of thioether (sulfide) groups is 1. The van der Waals surface area contributed by atoms with Crippen LogP contribution in [0.3, 0.4) is 0 Å². The Morgan fingerprint density at radius 1 is 1.22 bits per heavy atom. The summed E-state index contributed by atoms with van der Waals surface area (Å²) in [5.41, 5.74) is 11.4. The van der Waals surface area contributed by atoms with Gasteiger partial charge in [-0.05, 0) is 24.3 Å². The van der Waals surface area contributed by atoms with Gasteiger partial charge in [-0.2, -0.15) is 5.10 Å². The van der Waals surface area contributed by atoms with E-state index in [1.807, 2.05) is 0 Å². The van der Waals surface area contributed by atoms with Crippen molar-refractivity contribution in [3.05, 3.63) is 29.8 Å². The lowest BCUT2D eigenvalue weighted by molar-refractivity contribution is -0.113. The number of nitrogens with zero attached hydrogens (tertiary/aromatic N) is 1. The smallest absolute Gasteiger partial charge is 0.248 e. The van der Waals surface area contributed by atoms with E-state index in [1.54, 1.807) is 12.1 Å². The first kappa shape index (κ1) is 13.8. The molecule has 0 aromatic heterocycles. The molecule has 8 heteroatoms. The Hall–Kier alpha value is -2.22. The second kappa shape index (κ2) is 6.50. The maximum atomic E-state index is 11.5. The van der Waals surface area contributed by atoms with Crippen molar-refractivity contribution in [2.75, 3.05) is 11.1 Å². The molecule has 0 bridgehead atoms. The van der Waals surface area contributed by atoms with Gasteiger partial charge in [-0.3, -0.25) is 9.59 Å². The Kier molecular flexibility index (Phi) is 5.00. The molecule has 0 unspecified atom stereocenters. The van der Waals surface area contributed by atoms with Crippen molar-refractivity contribution in [3.8, 4) is 0 Å². The van der Waals surface area contributed by atoms with E-state index in [0.717, 1.165) is 11.8 Å². The number of nitrogens with one attached hydrogen (secondary N) is 1. The number of nitrogens with two attached hydrogens (primary N) is 3. The lowest BCUT2D eigenvalue weighted by Crippen LogP contribution is -2.18. The van der Waals surface area contributed by atoms with E-state index in [1.165, 1.54) is 12.1 Å². The zero-order valence-electron chi connectivity index (χ0n) is 9.42. The van der Waals surface area contributed by atoms with E-state index in [0.29, 0.717) is 11.3 Å². The number of rotatable bonds is 4. The lowest BCUT2D eigenvalue weighted by atomic mass is 10.2. The monoisotopic (exact) mass is 267 g/mol. The number of carbonyl (C=O) groups excluding carboxylic acids is 2. The van der Waals surface area contributed by atoms with Crippen molar-refractivity contribution in [2.24, 2.45) is 22.4 Å². The second-order valence-electron chi connectivity index (χ2n) is 3.25. The molecule has 1 aromatic rings. The highest BCUT2D eigenvalue weighted by atomic mass is 32.2. The number of carbonyl (C=O) groups is 2. The van der Waals surface area contributed by atoms with Crippen molar-refractivity contribution < 1.29 is 9.59 Å². The molecule has 0 aliphatic rings. The molecular formula is C10H13N5O2S. The number of hydrazone groups is 1. The second-order valence-corrected chi connectivity index (χ2v) is 4.24. The molecule has 0 aliphatic heterocycles. The maximum Gasteiger partial charge on any atom is 0.248 e. The van der Waals surface area contributed by atoms with Crippen LogP contribution in [0.2, 0.25) is 0 Å². The number of amidine groups is 1. The van der Waals surface area contributed by atoms with Gasteiger partial charge in [0, 0.05) is 11.3 Å². The number of hydrogen-bond donors (Lipinski definition) is 4. The van der Waals surface area contributed by atoms with Crippen LogP contribution in [0.15, 0.2) is 29.4 Å². The van der Waals surface area contributed by atoms with Gasteiger partial charge >= 0.3 is 0 Å². The molecular weight excluding hydrogens is 254 g/mol. The van der Waals surface area contributed by atoms with Gasteiger partial charge in [-0.15, -0.1) is 0 Å². The molecule has 0 atom stereocenters. The average molecular weight is 267 g/mol. The highest BCUT2D eigenvalue weighted by Gasteiger charge is 2.05. The Bertz CT molecular complexity index is 472. The normalized spacial score (nSPS) is 11.0. The largest absolute Gasteiger partial charge is 0.377 e. The number of amides is 2. The molecule has 0 heterocycles. The van der Waals surface area contributed by atoms with Crippen molar-refractivity contribution >= 4 is 34.4 Å². The predicted octanol–water partition coefficient (Wildman–Crippen LogP) is -0.354. The van der Waals surface area contributed by atoms with Gasteiger partial charge in [0.05, 0.1) is 5.75 Å². The van der Waals surface area contributed by atoms with Crippen molar-refractivity contribution in [2.45, 2.75) is 0 Å². The summed E-state index contributed by atoms with van der Waals surface area (Å²) in [7, 11) is 0. The van der Waals surface area contributed by atoms with Crippen LogP contribution < -0.4 is 22.6 Å². The van der Waals surface area contributed by atoms with E-state index < -0.39 is 5.91 Å². The summed E-state index contributed by atoms with van der Waals surface area (Å²) >= 11 is 1.03. The van der Waals surface area contributed by atoms with Crippen LogP contribution in [0.4, 0.5) is 5.69 Å². The first-order chi connectivity index (χ1) is 8.52. The minimum Gasteiger partial charge on any atom is -0.377 e. The topological polar surface area (TPSA) is 137 Å². The summed E-state index contributed by atoms with van der Waals surface area (Å²) in [6.45, 7) is 0. The predicted molar refractivity (Wildman–Crippen MR) is 71.9 cm³/mol. The fourth-order valence-electron chi connectivity index (χ4n) is 1.09. The maximum absolute atomic E-state index is 11.5. The van der Waals surface area contributed by atoms with E-state index >= 15 is 0 Å². The molecule has 7 nitrogen and oxygen atoms in total. The summed E-state index contributed by atoms with van der Waals surface area (Å²) in [5.74, 6) is 4.25. The average Bonchev–Trinajstić information content (AvgIpc) is 2.36. The molecule has 96 valence electrons. The van der Waals surface area contributed by atoms with E-state index in [-0.39, 0.29) is 16.8 Å². The van der Waals surface area contributed by atoms with Gasteiger partial charge in [0.15, 0.2) is 5.17 Å². The first-order valence-corrected chi connectivity index (χ1v) is 5.87. The molecule has 0 spiro atoms. The highest BCUT2D eigenvalue weighted by Crippen LogP contribution is 2.10. The summed E-state index contributed by atoms with van der Waals surface area (Å²) < 4.78 is 0. The van der Waals surface area contributed by atoms with Gasteiger partial charge in [-0.25, -0.2) is 0 Å². The highest BCUT2D eigenvalue weighted by molar-refractivity contribution is 8.14. The van der Waals surface area contributed by atoms with E-state index in [2.05, 4.69) is 10.4 Å². The summed E-state index contributed by atoms with van der Waals surface area (Å²) in [5, 5.41) is 5.98. The number of primary amides is 1. The molecule has 0 aliphatic carbocycles. The first-order valence-electron chi connectivity index (χ1n) is 4.89. The van der Waals surface area contributed by atoms with E-state index in [9.17, 15) is 9.59 Å². The van der Waals surface area contributed by atoms with Crippen LogP contribution in [-0.2, 0) is 4.79 Å². The molecule has 0 saturated heterocycles. The Morgan fingerprint density at radius 3 is 2.33 bits per heavy atom. The SMILES string of the molecule is NN=C(N)SCC(=O)Nc1ccc(C(N)=O)cc1. The van der Waals surface area contributed by atoms with Crippen LogP contribution in [0.5, 0.6) is 0 Å². The third-order valence-electron chi connectivity index (χ3n) is 1.93. The summed E-state index contributed by atoms with van der Waals surface area (Å²) in [6, 6.07) is 6.23. The molecule has 2 amide bonds. The number of benzene rings is 1. The third-order valence-corrected chi connectivity index (χ3v) is 2.74. The molecule has 1 rings (SSSR count). The lowest BCUT2D eigenvalue weighted by Gasteiger charge is -2.05. The van der Waals surface area contributed by atoms with Gasteiger partial charge in [0.25, 0.3) is 0 Å². The van der Waals surface area contributed by atoms with Crippen LogP contribution in [0, 0.1) is 0 Å². The molecule has 0 saturated carbocycles. The van der Waals surface area contributed by atoms with Gasteiger partial charge in [0.1, 0.15) is 0 Å². The molecule has 7 N–H and O–H groups in total. The van der Waals surface area contributed by atoms with Crippen LogP contribution in [0.1, 0.15) is 10.4 Å². The quantitative estimate of drug-likeness (QED) is 0.256.